The van der Waals surface area contributed by atoms with Gasteiger partial charge in [-0.25, -0.2) is 0 Å². The number of carboxylic acid groups (broad SMARTS) is 1. The molecule has 17 heavy (non-hydrogen) atoms. The summed E-state index contributed by atoms with van der Waals surface area (Å²) >= 11 is 0. The molecule has 0 radical (unpaired) electrons. The lowest BCUT2D eigenvalue weighted by atomic mass is 9.66. The first-order valence-corrected chi connectivity index (χ1v) is 6.11. The van der Waals surface area contributed by atoms with Crippen LogP contribution in [0.3, 0.4) is 0 Å². The molecule has 0 unspecified atom stereocenters. The van der Waals surface area contributed by atoms with E-state index in [1.807, 2.05) is 0 Å². The Morgan fingerprint density at radius 2 is 2.18 bits per heavy atom. The van der Waals surface area contributed by atoms with Crippen LogP contribution in [-0.4, -0.2) is 48.2 Å². The van der Waals surface area contributed by atoms with E-state index in [1.165, 1.54) is 0 Å². The second kappa shape index (κ2) is 4.64. The predicted octanol–water partition coefficient (Wildman–Crippen LogP) is 0.879. The molecule has 2 rings (SSSR count). The van der Waals surface area contributed by atoms with Gasteiger partial charge in [-0.05, 0) is 19.3 Å². The minimum atomic E-state index is -0.820. The quantitative estimate of drug-likeness (QED) is 0.793. The normalized spacial score (nSPS) is 26.6. The van der Waals surface area contributed by atoms with Crippen molar-refractivity contribution in [3.8, 4) is 0 Å². The molecule has 0 bridgehead atoms. The van der Waals surface area contributed by atoms with Gasteiger partial charge in [0, 0.05) is 26.6 Å². The van der Waals surface area contributed by atoms with Crippen molar-refractivity contribution >= 4 is 11.9 Å². The summed E-state index contributed by atoms with van der Waals surface area (Å²) in [4.78, 5) is 24.9. The Morgan fingerprint density at radius 3 is 2.59 bits per heavy atom. The monoisotopic (exact) mass is 241 g/mol. The van der Waals surface area contributed by atoms with Gasteiger partial charge in [0.25, 0.3) is 0 Å². The molecule has 1 aliphatic carbocycles. The summed E-state index contributed by atoms with van der Waals surface area (Å²) in [7, 11) is 1.64. The number of carboxylic acids is 1. The fourth-order valence-corrected chi connectivity index (χ4v) is 2.62. The first-order chi connectivity index (χ1) is 8.07. The first kappa shape index (κ1) is 12.4. The Morgan fingerprint density at radius 1 is 1.47 bits per heavy atom. The van der Waals surface area contributed by atoms with E-state index in [9.17, 15) is 14.7 Å². The van der Waals surface area contributed by atoms with Crippen LogP contribution in [0.5, 0.6) is 0 Å². The number of hydrogen-bond donors (Lipinski definition) is 1. The van der Waals surface area contributed by atoms with Crippen LogP contribution < -0.4 is 0 Å². The first-order valence-electron chi connectivity index (χ1n) is 6.11. The maximum atomic E-state index is 12.0. The largest absolute Gasteiger partial charge is 0.481 e. The van der Waals surface area contributed by atoms with Crippen molar-refractivity contribution in [2.24, 2.45) is 5.41 Å². The van der Waals surface area contributed by atoms with E-state index in [1.54, 1.807) is 12.0 Å². The minimum Gasteiger partial charge on any atom is -0.481 e. The number of nitrogens with zero attached hydrogens (tertiary/aromatic N) is 1. The number of methoxy groups -OCH3 is 1. The molecule has 0 aromatic heterocycles. The van der Waals surface area contributed by atoms with E-state index in [4.69, 9.17) is 4.74 Å². The number of hydrogen-bond acceptors (Lipinski definition) is 3. The van der Waals surface area contributed by atoms with Crippen molar-refractivity contribution in [1.29, 1.82) is 0 Å². The molecule has 1 saturated heterocycles. The molecular formula is C12H19NO4. The van der Waals surface area contributed by atoms with Gasteiger partial charge in [0.2, 0.25) is 5.91 Å². The number of aliphatic carboxylic acids is 1. The van der Waals surface area contributed by atoms with E-state index >= 15 is 0 Å². The van der Waals surface area contributed by atoms with Gasteiger partial charge in [0.15, 0.2) is 0 Å². The molecule has 2 aliphatic rings. The van der Waals surface area contributed by atoms with E-state index in [2.05, 4.69) is 0 Å². The van der Waals surface area contributed by atoms with Crippen molar-refractivity contribution in [2.45, 2.75) is 38.2 Å². The Bertz CT molecular complexity index is 324. The molecule has 5 heteroatoms. The molecule has 96 valence electrons. The molecule has 2 fully saturated rings. The average Bonchev–Trinajstić information content (AvgIpc) is 2.71. The maximum Gasteiger partial charge on any atom is 0.310 e. The van der Waals surface area contributed by atoms with Crippen LogP contribution in [0.15, 0.2) is 0 Å². The third-order valence-electron chi connectivity index (χ3n) is 4.09. The van der Waals surface area contributed by atoms with Gasteiger partial charge in [0.05, 0.1) is 11.5 Å². The summed E-state index contributed by atoms with van der Waals surface area (Å²) in [6, 6.07) is 0. The highest BCUT2D eigenvalue weighted by atomic mass is 16.5. The fourth-order valence-electron chi connectivity index (χ4n) is 2.62. The number of ether oxygens (including phenoxy) is 1. The molecule has 0 spiro atoms. The number of carbonyl (C=O) groups is 2. The lowest BCUT2D eigenvalue weighted by molar-refractivity contribution is -0.159. The molecule has 5 nitrogen and oxygen atoms in total. The summed E-state index contributed by atoms with van der Waals surface area (Å²) in [5.41, 5.74) is -0.776. The van der Waals surface area contributed by atoms with Crippen molar-refractivity contribution in [3.05, 3.63) is 0 Å². The molecular weight excluding hydrogens is 222 g/mol. The Labute approximate surface area is 101 Å². The standard InChI is InChI=1S/C12H19NO4/c1-17-9-3-6-13(8-9)10(14)7-12(11(15)16)4-2-5-12/h9H,2-8H2,1H3,(H,15,16)/t9-/m0/s1. The highest BCUT2D eigenvalue weighted by Gasteiger charge is 2.47. The zero-order valence-electron chi connectivity index (χ0n) is 10.1. The van der Waals surface area contributed by atoms with Gasteiger partial charge >= 0.3 is 5.97 Å². The molecule has 1 amide bonds. The molecule has 1 aliphatic heterocycles. The smallest absolute Gasteiger partial charge is 0.310 e. The maximum absolute atomic E-state index is 12.0. The topological polar surface area (TPSA) is 66.8 Å². The number of likely N-dealkylation sites (tertiary alicyclic amines) is 1. The highest BCUT2D eigenvalue weighted by Crippen LogP contribution is 2.44. The summed E-state index contributed by atoms with van der Waals surface area (Å²) < 4.78 is 5.20. The van der Waals surface area contributed by atoms with Gasteiger partial charge in [-0.15, -0.1) is 0 Å². The number of carbonyl (C=O) groups excluding carboxylic acids is 1. The van der Waals surface area contributed by atoms with Crippen molar-refractivity contribution in [2.75, 3.05) is 20.2 Å². The van der Waals surface area contributed by atoms with Crippen LogP contribution in [0.2, 0.25) is 0 Å². The summed E-state index contributed by atoms with van der Waals surface area (Å²) in [5.74, 6) is -0.855. The molecule has 0 aromatic carbocycles. The molecule has 1 heterocycles. The lowest BCUT2D eigenvalue weighted by Gasteiger charge is -2.37. The minimum absolute atomic E-state index is 0.0355. The average molecular weight is 241 g/mol. The summed E-state index contributed by atoms with van der Waals surface area (Å²) in [6.07, 6.45) is 3.30. The third-order valence-corrected chi connectivity index (χ3v) is 4.09. The van der Waals surface area contributed by atoms with Gasteiger partial charge in [0.1, 0.15) is 0 Å². The Balaban J connectivity index is 1.91. The summed E-state index contributed by atoms with van der Waals surface area (Å²) in [6.45, 7) is 1.29. The van der Waals surface area contributed by atoms with Crippen LogP contribution >= 0.6 is 0 Å². The van der Waals surface area contributed by atoms with Gasteiger partial charge in [-0.1, -0.05) is 6.42 Å². The second-order valence-corrected chi connectivity index (χ2v) is 5.10. The number of amides is 1. The lowest BCUT2D eigenvalue weighted by Crippen LogP contribution is -2.43. The third kappa shape index (κ3) is 2.29. The van der Waals surface area contributed by atoms with Gasteiger partial charge in [-0.3, -0.25) is 9.59 Å². The van der Waals surface area contributed by atoms with Crippen molar-refractivity contribution < 1.29 is 19.4 Å². The van der Waals surface area contributed by atoms with Crippen LogP contribution in [0, 0.1) is 5.41 Å². The second-order valence-electron chi connectivity index (χ2n) is 5.10. The molecule has 1 saturated carbocycles. The Kier molecular flexibility index (Phi) is 3.38. The van der Waals surface area contributed by atoms with Gasteiger partial charge < -0.3 is 14.7 Å². The zero-order chi connectivity index (χ0) is 12.5. The molecule has 0 aromatic rings. The highest BCUT2D eigenvalue weighted by molar-refractivity contribution is 5.85. The number of rotatable bonds is 4. The molecule has 1 atom stereocenters. The van der Waals surface area contributed by atoms with E-state index in [-0.39, 0.29) is 18.4 Å². The van der Waals surface area contributed by atoms with Crippen LogP contribution in [0.25, 0.3) is 0 Å². The zero-order valence-corrected chi connectivity index (χ0v) is 10.1. The van der Waals surface area contributed by atoms with E-state index in [0.717, 1.165) is 12.8 Å². The summed E-state index contributed by atoms with van der Waals surface area (Å²) in [5, 5.41) is 9.18. The van der Waals surface area contributed by atoms with Crippen LogP contribution in [-0.2, 0) is 14.3 Å². The Hall–Kier alpha value is -1.10. The fraction of sp³-hybridized carbons (Fsp3) is 0.833. The van der Waals surface area contributed by atoms with Gasteiger partial charge in [-0.2, -0.15) is 0 Å². The van der Waals surface area contributed by atoms with E-state index < -0.39 is 11.4 Å². The van der Waals surface area contributed by atoms with E-state index in [0.29, 0.717) is 25.9 Å². The van der Waals surface area contributed by atoms with Crippen LogP contribution in [0.4, 0.5) is 0 Å². The SMILES string of the molecule is CO[C@H]1CCN(C(=O)CC2(C(=O)O)CCC2)C1. The van der Waals surface area contributed by atoms with Crippen molar-refractivity contribution in [1.82, 2.24) is 4.90 Å². The van der Waals surface area contributed by atoms with Crippen molar-refractivity contribution in [3.63, 3.8) is 0 Å². The predicted molar refractivity (Wildman–Crippen MR) is 60.5 cm³/mol. The van der Waals surface area contributed by atoms with Crippen LogP contribution in [0.1, 0.15) is 32.1 Å². The molecule has 1 N–H and O–H groups in total.